The van der Waals surface area contributed by atoms with Crippen LogP contribution in [-0.2, 0) is 0 Å². The molecule has 5 nitrogen and oxygen atoms in total. The smallest absolute Gasteiger partial charge is 0.431 e. The van der Waals surface area contributed by atoms with Gasteiger partial charge in [0.05, 0.1) is 13.2 Å². The second-order valence-electron chi connectivity index (χ2n) is 10.3. The zero-order valence-corrected chi connectivity index (χ0v) is 32.7. The Labute approximate surface area is 321 Å². The summed E-state index contributed by atoms with van der Waals surface area (Å²) in [6.45, 7) is 7.95. The van der Waals surface area contributed by atoms with E-state index in [1.165, 1.54) is 43.9 Å². The van der Waals surface area contributed by atoms with Gasteiger partial charge < -0.3 is 25.0 Å². The van der Waals surface area contributed by atoms with Gasteiger partial charge in [0, 0.05) is 25.7 Å². The molecule has 0 heterocycles. The van der Waals surface area contributed by atoms with Crippen LogP contribution < -0.4 is 4.74 Å². The van der Waals surface area contributed by atoms with Crippen LogP contribution in [0.5, 0.6) is 11.5 Å². The molecule has 52 heavy (non-hydrogen) atoms. The first-order valence-electron chi connectivity index (χ1n) is 14.6. The molecule has 0 saturated carbocycles. The van der Waals surface area contributed by atoms with E-state index in [0.717, 1.165) is 27.1 Å². The van der Waals surface area contributed by atoms with Crippen molar-refractivity contribution in [3.05, 3.63) is 57.5 Å². The number of phenols is 1. The van der Waals surface area contributed by atoms with E-state index in [1.54, 1.807) is 24.3 Å². The van der Waals surface area contributed by atoms with Crippen LogP contribution in [0.1, 0.15) is 33.6 Å². The van der Waals surface area contributed by atoms with E-state index < -0.39 is 72.1 Å². The normalized spacial score (nSPS) is 13.8. The molecule has 0 bridgehead atoms. The summed E-state index contributed by atoms with van der Waals surface area (Å²) in [6, 6.07) is 12.2. The maximum Gasteiger partial charge on any atom is 0.431 e. The zero-order valence-electron chi connectivity index (χ0n) is 27.3. The largest absolute Gasteiger partial charge is 0.508 e. The van der Waals surface area contributed by atoms with Crippen LogP contribution in [0, 0.1) is 0 Å². The molecule has 0 spiro atoms. The molecule has 0 radical (unpaired) electrons. The molecule has 2 atom stereocenters. The molecule has 0 aliphatic heterocycles. The van der Waals surface area contributed by atoms with E-state index in [1.807, 2.05) is 0 Å². The van der Waals surface area contributed by atoms with Crippen molar-refractivity contribution in [2.75, 3.05) is 32.8 Å². The lowest BCUT2D eigenvalue weighted by Crippen LogP contribution is -2.55. The van der Waals surface area contributed by atoms with Crippen molar-refractivity contribution >= 4 is 54.5 Å². The Hall–Kier alpha value is -1.37. The van der Waals surface area contributed by atoms with E-state index in [2.05, 4.69) is 57.5 Å². The van der Waals surface area contributed by atoms with Crippen LogP contribution in [0.15, 0.2) is 57.5 Å². The standard InChI is InChI=1S/C12H10BrF7O2.C6H5BrO.C6H6F7IO.C6H15N/c13-7-1-3-8(4-2-7)22-9(6-21)5-10(14,11(15,16)17)12(18,19)20;7-5-1-3-6(8)4-2-5;7-4(5(8,9)10,6(11,12)13)1-3(14)2-15;1-4-7(5-2)6-3/h1-4,9,21H,5-6H2;1-4,8H;3,15H,1-2H2;4-6H2,1-3H3. The summed E-state index contributed by atoms with van der Waals surface area (Å²) >= 11 is 7.42. The van der Waals surface area contributed by atoms with Gasteiger partial charge >= 0.3 is 30.4 Å². The minimum atomic E-state index is -6.18. The molecule has 2 aromatic rings. The van der Waals surface area contributed by atoms with Gasteiger partial charge in [0.1, 0.15) is 17.6 Å². The monoisotopic (exact) mass is 1020 g/mol. The number of hydrogen-bond donors (Lipinski definition) is 3. The maximum absolute atomic E-state index is 13.6. The Kier molecular flexibility index (Phi) is 23.2. The van der Waals surface area contributed by atoms with Gasteiger partial charge in [-0.2, -0.15) is 52.7 Å². The Morgan fingerprint density at radius 3 is 1.17 bits per heavy atom. The quantitative estimate of drug-likeness (QED) is 0.119. The fraction of sp³-hybridized carbons (Fsp3) is 0.600. The number of phenolic OH excluding ortho intramolecular Hbond substituents is 1. The van der Waals surface area contributed by atoms with E-state index in [0.29, 0.717) is 10.2 Å². The molecule has 0 saturated heterocycles. The summed E-state index contributed by atoms with van der Waals surface area (Å²) in [7, 11) is 0. The Morgan fingerprint density at radius 1 is 0.596 bits per heavy atom. The van der Waals surface area contributed by atoms with Gasteiger partial charge in [0.2, 0.25) is 0 Å². The number of aliphatic hydroxyl groups is 2. The lowest BCUT2D eigenvalue weighted by Gasteiger charge is -2.32. The first-order chi connectivity index (χ1) is 23.5. The van der Waals surface area contributed by atoms with Crippen LogP contribution in [0.4, 0.5) is 61.5 Å². The van der Waals surface area contributed by atoms with Crippen LogP contribution in [-0.4, -0.2) is 99.1 Å². The number of alkyl halides is 15. The van der Waals surface area contributed by atoms with Crippen molar-refractivity contribution in [1.82, 2.24) is 4.90 Å². The van der Waals surface area contributed by atoms with Gasteiger partial charge in [0.25, 0.3) is 5.67 Å². The molecular formula is C30H36Br2F14INO4. The van der Waals surface area contributed by atoms with Crippen LogP contribution in [0.2, 0.25) is 0 Å². The highest BCUT2D eigenvalue weighted by Crippen LogP contribution is 2.50. The summed E-state index contributed by atoms with van der Waals surface area (Å²) in [6.07, 6.45) is -30.4. The number of nitrogens with zero attached hydrogens (tertiary/aromatic N) is 1. The van der Waals surface area contributed by atoms with Crippen molar-refractivity contribution in [2.45, 2.75) is 79.7 Å². The number of halogens is 17. The van der Waals surface area contributed by atoms with Crippen molar-refractivity contribution in [3.8, 4) is 11.5 Å². The lowest BCUT2D eigenvalue weighted by atomic mass is 9.96. The van der Waals surface area contributed by atoms with Crippen molar-refractivity contribution in [1.29, 1.82) is 0 Å². The number of hydrogen-bond acceptors (Lipinski definition) is 5. The summed E-state index contributed by atoms with van der Waals surface area (Å²) in [4.78, 5) is 2.38. The van der Waals surface area contributed by atoms with Gasteiger partial charge in [-0.15, -0.1) is 0 Å². The maximum atomic E-state index is 13.6. The number of aliphatic hydroxyl groups excluding tert-OH is 2. The first kappa shape index (κ1) is 52.7. The summed E-state index contributed by atoms with van der Waals surface area (Å²) in [5, 5.41) is 26.0. The molecule has 0 aromatic heterocycles. The number of benzene rings is 2. The van der Waals surface area contributed by atoms with Gasteiger partial charge in [-0.3, -0.25) is 0 Å². The van der Waals surface area contributed by atoms with E-state index in [-0.39, 0.29) is 5.75 Å². The highest BCUT2D eigenvalue weighted by molar-refractivity contribution is 14.1. The first-order valence-corrected chi connectivity index (χ1v) is 17.4. The predicted octanol–water partition coefficient (Wildman–Crippen LogP) is 10.9. The molecule has 2 aromatic carbocycles. The topological polar surface area (TPSA) is 73.2 Å². The van der Waals surface area contributed by atoms with Crippen molar-refractivity contribution in [3.63, 3.8) is 0 Å². The third-order valence-electron chi connectivity index (χ3n) is 6.50. The molecule has 2 unspecified atom stereocenters. The summed E-state index contributed by atoms with van der Waals surface area (Å²) in [5.41, 5.74) is -10.7. The van der Waals surface area contributed by atoms with Gasteiger partial charge in [-0.05, 0) is 68.2 Å². The second-order valence-corrected chi connectivity index (χ2v) is 13.8. The highest BCUT2D eigenvalue weighted by atomic mass is 127. The minimum Gasteiger partial charge on any atom is -0.508 e. The minimum absolute atomic E-state index is 0.103. The third-order valence-corrected chi connectivity index (χ3v) is 8.39. The predicted molar refractivity (Wildman–Crippen MR) is 181 cm³/mol. The summed E-state index contributed by atoms with van der Waals surface area (Å²) in [5.74, 6) is 0.196. The average Bonchev–Trinajstić information content (AvgIpc) is 3.02. The summed E-state index contributed by atoms with van der Waals surface area (Å²) < 4.78 is 178. The Balaban J connectivity index is 0. The van der Waals surface area contributed by atoms with Crippen molar-refractivity contribution in [2.24, 2.45) is 0 Å². The fourth-order valence-corrected chi connectivity index (χ4v) is 4.56. The van der Waals surface area contributed by atoms with Gasteiger partial charge in [0.15, 0.2) is 0 Å². The second kappa shape index (κ2) is 22.9. The zero-order chi connectivity index (χ0) is 41.4. The lowest BCUT2D eigenvalue weighted by molar-refractivity contribution is -0.347. The van der Waals surface area contributed by atoms with Gasteiger partial charge in [-0.1, -0.05) is 75.2 Å². The van der Waals surface area contributed by atoms with Crippen molar-refractivity contribution < 1.29 is 81.5 Å². The van der Waals surface area contributed by atoms with Crippen LogP contribution in [0.3, 0.4) is 0 Å². The molecule has 22 heteroatoms. The average molecular weight is 1030 g/mol. The number of rotatable bonds is 11. The SMILES string of the molecule is CCN(CC)CC.OCC(CC(F)(C(F)(F)F)C(F)(F)F)Oc1ccc(Br)cc1.OCC(I)CC(F)(C(F)(F)F)C(F)(F)F.Oc1ccc(Br)cc1. The van der Waals surface area contributed by atoms with Crippen LogP contribution in [0.25, 0.3) is 0 Å². The Morgan fingerprint density at radius 2 is 0.923 bits per heavy atom. The van der Waals surface area contributed by atoms with E-state index >= 15 is 0 Å². The Bertz CT molecular complexity index is 1190. The molecule has 0 aliphatic carbocycles. The molecular weight excluding hydrogens is 991 g/mol. The third kappa shape index (κ3) is 17.8. The number of ether oxygens (including phenoxy) is 1. The molecule has 304 valence electrons. The molecule has 3 N–H and O–H groups in total. The molecule has 0 amide bonds. The molecule has 0 aliphatic rings. The van der Waals surface area contributed by atoms with Gasteiger partial charge in [-0.25, -0.2) is 8.78 Å². The highest BCUT2D eigenvalue weighted by Gasteiger charge is 2.73. The van der Waals surface area contributed by atoms with Crippen LogP contribution >= 0.6 is 54.5 Å². The molecule has 0 fully saturated rings. The fourth-order valence-electron chi connectivity index (χ4n) is 3.43. The molecule has 2 rings (SSSR count). The van der Waals surface area contributed by atoms with E-state index in [4.69, 9.17) is 20.1 Å². The number of aromatic hydroxyl groups is 1. The van der Waals surface area contributed by atoms with E-state index in [9.17, 15) is 61.5 Å².